The van der Waals surface area contributed by atoms with Gasteiger partial charge in [0.2, 0.25) is 0 Å². The van der Waals surface area contributed by atoms with Crippen LogP contribution >= 0.6 is 0 Å². The second-order valence-corrected chi connectivity index (χ2v) is 6.84. The number of rotatable bonds is 10. The lowest BCUT2D eigenvalue weighted by molar-refractivity contribution is -0.118. The maximum Gasteiger partial charge on any atom is 0.262 e. The van der Waals surface area contributed by atoms with Crippen molar-refractivity contribution >= 4 is 17.8 Å². The van der Waals surface area contributed by atoms with Crippen LogP contribution in [0.15, 0.2) is 78.0 Å². The minimum Gasteiger partial charge on any atom is -0.490 e. The van der Waals surface area contributed by atoms with Crippen LogP contribution in [0.4, 0.5) is 5.69 Å². The van der Waals surface area contributed by atoms with Crippen molar-refractivity contribution in [1.82, 2.24) is 0 Å². The first-order valence-corrected chi connectivity index (χ1v) is 10.1. The number of nitrogens with zero attached hydrogens (tertiary/aromatic N) is 1. The second-order valence-electron chi connectivity index (χ2n) is 6.84. The molecule has 0 heterocycles. The monoisotopic (exact) mass is 418 g/mol. The van der Waals surface area contributed by atoms with E-state index in [1.165, 1.54) is 0 Å². The number of carbonyl (C=O) groups excluding carboxylic acids is 1. The molecule has 0 aliphatic heterocycles. The zero-order valence-corrected chi connectivity index (χ0v) is 17.7. The van der Waals surface area contributed by atoms with Gasteiger partial charge in [0, 0.05) is 11.3 Å². The average Bonchev–Trinajstić information content (AvgIpc) is 2.79. The van der Waals surface area contributed by atoms with Crippen molar-refractivity contribution < 1.29 is 19.1 Å². The number of aryl methyl sites for hydroxylation is 1. The lowest BCUT2D eigenvalue weighted by Gasteiger charge is -2.12. The van der Waals surface area contributed by atoms with Gasteiger partial charge in [0.1, 0.15) is 6.61 Å². The SMILES string of the molecule is CCOc1cc(/C=N/OCc2ccccc2)ccc1OCC(=O)Nc1ccc(C)cc1. The molecule has 0 bridgehead atoms. The van der Waals surface area contributed by atoms with Gasteiger partial charge in [-0.3, -0.25) is 4.79 Å². The molecule has 3 aromatic rings. The third-order valence-corrected chi connectivity index (χ3v) is 4.31. The van der Waals surface area contributed by atoms with Crippen molar-refractivity contribution in [2.24, 2.45) is 5.16 Å². The van der Waals surface area contributed by atoms with Crippen LogP contribution in [0.1, 0.15) is 23.6 Å². The maximum atomic E-state index is 12.2. The van der Waals surface area contributed by atoms with Crippen LogP contribution in [0, 0.1) is 6.92 Å². The molecule has 0 aliphatic carbocycles. The lowest BCUT2D eigenvalue weighted by atomic mass is 10.2. The topological polar surface area (TPSA) is 69.1 Å². The molecule has 6 nitrogen and oxygen atoms in total. The van der Waals surface area contributed by atoms with Gasteiger partial charge in [0.25, 0.3) is 5.91 Å². The number of hydrogen-bond donors (Lipinski definition) is 1. The molecule has 1 amide bonds. The number of anilines is 1. The van der Waals surface area contributed by atoms with Gasteiger partial charge in [0.15, 0.2) is 18.1 Å². The number of hydrogen-bond acceptors (Lipinski definition) is 5. The van der Waals surface area contributed by atoms with Crippen LogP contribution in [0.5, 0.6) is 11.5 Å². The number of ether oxygens (including phenoxy) is 2. The fraction of sp³-hybridized carbons (Fsp3) is 0.200. The Bertz CT molecular complexity index is 1000. The first-order valence-electron chi connectivity index (χ1n) is 10.1. The first kappa shape index (κ1) is 21.9. The Kier molecular flexibility index (Phi) is 8.05. The minimum atomic E-state index is -0.244. The Morgan fingerprint density at radius 3 is 2.48 bits per heavy atom. The summed E-state index contributed by atoms with van der Waals surface area (Å²) in [5.41, 5.74) is 3.70. The summed E-state index contributed by atoms with van der Waals surface area (Å²) in [6, 6.07) is 22.8. The van der Waals surface area contributed by atoms with Crippen LogP contribution < -0.4 is 14.8 Å². The summed E-state index contributed by atoms with van der Waals surface area (Å²) in [4.78, 5) is 17.5. The molecule has 0 spiro atoms. The van der Waals surface area contributed by atoms with Crippen molar-refractivity contribution in [3.05, 3.63) is 89.5 Å². The standard InChI is InChI=1S/C25H26N2O4/c1-3-29-24-15-21(16-26-31-17-20-7-5-4-6-8-20)11-14-23(24)30-18-25(28)27-22-12-9-19(2)10-13-22/h4-16H,3,17-18H2,1-2H3,(H,27,28)/b26-16+. The van der Waals surface area contributed by atoms with Gasteiger partial charge >= 0.3 is 0 Å². The fourth-order valence-corrected chi connectivity index (χ4v) is 2.75. The molecule has 0 radical (unpaired) electrons. The van der Waals surface area contributed by atoms with Crippen LogP contribution in [0.25, 0.3) is 0 Å². The normalized spacial score (nSPS) is 10.6. The van der Waals surface area contributed by atoms with Gasteiger partial charge in [-0.2, -0.15) is 0 Å². The summed E-state index contributed by atoms with van der Waals surface area (Å²) >= 11 is 0. The van der Waals surface area contributed by atoms with Crippen molar-refractivity contribution in [1.29, 1.82) is 0 Å². The predicted molar refractivity (Wildman–Crippen MR) is 122 cm³/mol. The summed E-state index contributed by atoms with van der Waals surface area (Å²) in [6.45, 7) is 4.62. The summed E-state index contributed by atoms with van der Waals surface area (Å²) in [5, 5.41) is 6.82. The van der Waals surface area contributed by atoms with Gasteiger partial charge in [-0.1, -0.05) is 53.2 Å². The highest BCUT2D eigenvalue weighted by Crippen LogP contribution is 2.28. The van der Waals surface area contributed by atoms with E-state index in [0.717, 1.165) is 22.4 Å². The molecule has 1 N–H and O–H groups in total. The number of carbonyl (C=O) groups is 1. The van der Waals surface area contributed by atoms with Crippen molar-refractivity contribution in [2.45, 2.75) is 20.5 Å². The molecule has 6 heteroatoms. The molecule has 3 rings (SSSR count). The Balaban J connectivity index is 1.55. The van der Waals surface area contributed by atoms with Gasteiger partial charge in [0.05, 0.1) is 12.8 Å². The third-order valence-electron chi connectivity index (χ3n) is 4.31. The smallest absolute Gasteiger partial charge is 0.262 e. The zero-order chi connectivity index (χ0) is 21.9. The van der Waals surface area contributed by atoms with Crippen molar-refractivity contribution in [3.8, 4) is 11.5 Å². The van der Waals surface area contributed by atoms with Crippen LogP contribution in [-0.2, 0) is 16.2 Å². The lowest BCUT2D eigenvalue weighted by Crippen LogP contribution is -2.20. The number of nitrogens with one attached hydrogen (secondary N) is 1. The molecule has 0 aliphatic rings. The summed E-state index contributed by atoms with van der Waals surface area (Å²) in [5.74, 6) is 0.784. The molecule has 0 saturated heterocycles. The quantitative estimate of drug-likeness (QED) is 0.373. The summed E-state index contributed by atoms with van der Waals surface area (Å²) in [6.07, 6.45) is 1.61. The number of benzene rings is 3. The Morgan fingerprint density at radius 1 is 0.968 bits per heavy atom. The molecule has 160 valence electrons. The van der Waals surface area contributed by atoms with E-state index < -0.39 is 0 Å². The minimum absolute atomic E-state index is 0.123. The zero-order valence-electron chi connectivity index (χ0n) is 17.7. The van der Waals surface area contributed by atoms with E-state index >= 15 is 0 Å². The van der Waals surface area contributed by atoms with E-state index in [1.54, 1.807) is 18.3 Å². The molecule has 0 atom stereocenters. The van der Waals surface area contributed by atoms with Crippen LogP contribution in [0.3, 0.4) is 0 Å². The summed E-state index contributed by atoms with van der Waals surface area (Å²) < 4.78 is 11.3. The highest BCUT2D eigenvalue weighted by atomic mass is 16.6. The van der Waals surface area contributed by atoms with Crippen molar-refractivity contribution in [3.63, 3.8) is 0 Å². The molecular formula is C25H26N2O4. The average molecular weight is 418 g/mol. The van der Waals surface area contributed by atoms with Gasteiger partial charge < -0.3 is 19.6 Å². The first-order chi connectivity index (χ1) is 15.1. The summed E-state index contributed by atoms with van der Waals surface area (Å²) in [7, 11) is 0. The Morgan fingerprint density at radius 2 is 1.74 bits per heavy atom. The fourth-order valence-electron chi connectivity index (χ4n) is 2.75. The van der Waals surface area contributed by atoms with Gasteiger partial charge in [-0.05, 0) is 49.7 Å². The van der Waals surface area contributed by atoms with E-state index in [9.17, 15) is 4.79 Å². The van der Waals surface area contributed by atoms with Crippen molar-refractivity contribution in [2.75, 3.05) is 18.5 Å². The molecular weight excluding hydrogens is 392 g/mol. The molecule has 0 saturated carbocycles. The van der Waals surface area contributed by atoms with E-state index in [2.05, 4.69) is 10.5 Å². The molecule has 0 unspecified atom stereocenters. The van der Waals surface area contributed by atoms with E-state index in [0.29, 0.717) is 24.7 Å². The number of oxime groups is 1. The molecule has 31 heavy (non-hydrogen) atoms. The highest BCUT2D eigenvalue weighted by molar-refractivity contribution is 5.92. The number of amides is 1. The largest absolute Gasteiger partial charge is 0.490 e. The van der Waals surface area contributed by atoms with Gasteiger partial charge in [-0.25, -0.2) is 0 Å². The van der Waals surface area contributed by atoms with Crippen LogP contribution in [0.2, 0.25) is 0 Å². The molecule has 3 aromatic carbocycles. The predicted octanol–water partition coefficient (Wildman–Crippen LogP) is 4.96. The van der Waals surface area contributed by atoms with E-state index in [-0.39, 0.29) is 12.5 Å². The third kappa shape index (κ3) is 7.19. The van der Waals surface area contributed by atoms with Crippen LogP contribution in [-0.4, -0.2) is 25.3 Å². The molecule has 0 fully saturated rings. The maximum absolute atomic E-state index is 12.2. The Hall–Kier alpha value is -3.80. The van der Waals surface area contributed by atoms with Gasteiger partial charge in [-0.15, -0.1) is 0 Å². The van der Waals surface area contributed by atoms with E-state index in [4.69, 9.17) is 14.3 Å². The van der Waals surface area contributed by atoms with E-state index in [1.807, 2.05) is 74.5 Å². The highest BCUT2D eigenvalue weighted by Gasteiger charge is 2.09. The molecule has 0 aromatic heterocycles. The Labute approximate surface area is 182 Å². The second kappa shape index (κ2) is 11.4.